The van der Waals surface area contributed by atoms with Crippen molar-refractivity contribution >= 4 is 6.29 Å². The molecule has 0 aliphatic heterocycles. The van der Waals surface area contributed by atoms with Crippen LogP contribution in [0.5, 0.6) is 0 Å². The third kappa shape index (κ3) is 4.38. The van der Waals surface area contributed by atoms with Crippen LogP contribution < -0.4 is 0 Å². The quantitative estimate of drug-likeness (QED) is 0.766. The second-order valence-electron chi connectivity index (χ2n) is 2.81. The van der Waals surface area contributed by atoms with Crippen LogP contribution in [-0.4, -0.2) is 6.29 Å². The van der Waals surface area contributed by atoms with Crippen LogP contribution in [0.1, 0.15) is 24.5 Å². The topological polar surface area (TPSA) is 17.1 Å². The van der Waals surface area contributed by atoms with Crippen LogP contribution in [0.2, 0.25) is 0 Å². The van der Waals surface area contributed by atoms with Crippen LogP contribution in [0.15, 0.2) is 24.3 Å². The molecule has 0 atom stereocenters. The molecule has 1 nitrogen and oxygen atoms in total. The number of benzene rings is 1. The molecule has 0 saturated carbocycles. The van der Waals surface area contributed by atoms with E-state index in [1.165, 1.54) is 11.1 Å². The molecule has 0 radical (unpaired) electrons. The Balaban J connectivity index is 0.00000144. The number of hydrogen-bond donors (Lipinski definition) is 0. The van der Waals surface area contributed by atoms with Gasteiger partial charge in [0, 0.05) is 21.1 Å². The van der Waals surface area contributed by atoms with Crippen molar-refractivity contribution in [3.05, 3.63) is 35.4 Å². The smallest absolute Gasteiger partial charge is 0 e. The van der Waals surface area contributed by atoms with Gasteiger partial charge >= 0.3 is 0 Å². The Labute approximate surface area is 93.8 Å². The molecule has 0 fully saturated rings. The molecule has 13 heavy (non-hydrogen) atoms. The van der Waals surface area contributed by atoms with Crippen molar-refractivity contribution in [1.29, 1.82) is 0 Å². The first-order valence-electron chi connectivity index (χ1n) is 4.29. The molecule has 0 unspecified atom stereocenters. The molecule has 0 aromatic heterocycles. The molecule has 0 aliphatic rings. The fraction of sp³-hybridized carbons (Fsp3) is 0.364. The third-order valence-electron chi connectivity index (χ3n) is 1.95. The van der Waals surface area contributed by atoms with Crippen LogP contribution in [0.25, 0.3) is 0 Å². The van der Waals surface area contributed by atoms with Crippen LogP contribution in [0, 0.1) is 0 Å². The van der Waals surface area contributed by atoms with Crippen molar-refractivity contribution in [2.24, 2.45) is 0 Å². The van der Waals surface area contributed by atoms with E-state index in [0.717, 1.165) is 12.8 Å². The molecule has 1 aromatic carbocycles. The number of hydrogen-bond acceptors (Lipinski definition) is 1. The van der Waals surface area contributed by atoms with Gasteiger partial charge in [0.1, 0.15) is 0 Å². The van der Waals surface area contributed by atoms with Gasteiger partial charge in [0.05, 0.1) is 0 Å². The minimum Gasteiger partial charge on any atom is -0.542 e. The van der Waals surface area contributed by atoms with Crippen molar-refractivity contribution in [2.75, 3.05) is 0 Å². The fourth-order valence-corrected chi connectivity index (χ4v) is 1.14. The second kappa shape index (κ2) is 7.03. The Morgan fingerprint density at radius 3 is 2.15 bits per heavy atom. The summed E-state index contributed by atoms with van der Waals surface area (Å²) in [5.41, 5.74) is 2.56. The summed E-state index contributed by atoms with van der Waals surface area (Å²) in [6, 6.07) is 8.38. The van der Waals surface area contributed by atoms with Crippen molar-refractivity contribution in [2.45, 2.75) is 26.2 Å². The fourth-order valence-electron chi connectivity index (χ4n) is 1.14. The number of carbonyl (C=O) groups excluding carboxylic acids is 1. The Morgan fingerprint density at radius 1 is 1.15 bits per heavy atom. The average molecular weight is 345 g/mol. The van der Waals surface area contributed by atoms with Gasteiger partial charge in [0.15, 0.2) is 0 Å². The molecule has 0 amide bonds. The summed E-state index contributed by atoms with van der Waals surface area (Å²) in [4.78, 5) is 9.98. The molecule has 1 rings (SSSR count). The standard InChI is InChI=1S/C11H13O.W/c1-2-10-5-7-11(8-6-10)4-3-9-12;/h5-8H,2-4H2,1H3;/q-1;. The Morgan fingerprint density at radius 2 is 1.69 bits per heavy atom. The molecule has 0 saturated heterocycles. The first-order chi connectivity index (χ1) is 5.86. The zero-order valence-corrected chi connectivity index (χ0v) is 10.7. The van der Waals surface area contributed by atoms with Crippen molar-refractivity contribution in [3.8, 4) is 0 Å². The SMILES string of the molecule is CCc1ccc(CC[C-]=O)cc1.[W]. The summed E-state index contributed by atoms with van der Waals surface area (Å²) in [7, 11) is 0. The average Bonchev–Trinajstić information content (AvgIpc) is 2.15. The van der Waals surface area contributed by atoms with Gasteiger partial charge in [0.2, 0.25) is 0 Å². The van der Waals surface area contributed by atoms with Crippen LogP contribution >= 0.6 is 0 Å². The molecule has 1 aromatic rings. The maximum absolute atomic E-state index is 9.98. The molecule has 0 aliphatic carbocycles. The molecular formula is C11H13OW-. The van der Waals surface area contributed by atoms with Crippen molar-refractivity contribution in [3.63, 3.8) is 0 Å². The molecular weight excluding hydrogens is 332 g/mol. The molecule has 0 heterocycles. The van der Waals surface area contributed by atoms with Gasteiger partial charge in [-0.3, -0.25) is 6.29 Å². The third-order valence-corrected chi connectivity index (χ3v) is 1.95. The summed E-state index contributed by atoms with van der Waals surface area (Å²) in [5.74, 6) is 0. The van der Waals surface area contributed by atoms with Crippen LogP contribution in [0.4, 0.5) is 0 Å². The minimum atomic E-state index is 0. The van der Waals surface area contributed by atoms with E-state index in [1.807, 2.05) is 6.29 Å². The Hall–Kier alpha value is -0.422. The molecule has 0 N–H and O–H groups in total. The van der Waals surface area contributed by atoms with Gasteiger partial charge in [-0.2, -0.15) is 0 Å². The van der Waals surface area contributed by atoms with E-state index < -0.39 is 0 Å². The zero-order valence-electron chi connectivity index (χ0n) is 7.75. The largest absolute Gasteiger partial charge is 0.542 e. The van der Waals surface area contributed by atoms with Crippen LogP contribution in [0.3, 0.4) is 0 Å². The predicted molar refractivity (Wildman–Crippen MR) is 49.8 cm³/mol. The summed E-state index contributed by atoms with van der Waals surface area (Å²) in [5, 5.41) is 0. The van der Waals surface area contributed by atoms with E-state index in [0.29, 0.717) is 6.42 Å². The van der Waals surface area contributed by atoms with Crippen LogP contribution in [-0.2, 0) is 38.7 Å². The first kappa shape index (κ1) is 12.6. The summed E-state index contributed by atoms with van der Waals surface area (Å²) in [6.45, 7) is 2.13. The van der Waals surface area contributed by atoms with Gasteiger partial charge in [-0.1, -0.05) is 43.2 Å². The maximum Gasteiger partial charge on any atom is 0 e. The maximum atomic E-state index is 9.98. The van der Waals surface area contributed by atoms with Crippen molar-refractivity contribution in [1.82, 2.24) is 0 Å². The second-order valence-corrected chi connectivity index (χ2v) is 2.81. The Bertz CT molecular complexity index is 241. The molecule has 2 heteroatoms. The van der Waals surface area contributed by atoms with E-state index in [9.17, 15) is 4.79 Å². The monoisotopic (exact) mass is 345 g/mol. The van der Waals surface area contributed by atoms with Crippen molar-refractivity contribution < 1.29 is 25.9 Å². The number of rotatable bonds is 4. The van der Waals surface area contributed by atoms with Gasteiger partial charge in [-0.25, -0.2) is 0 Å². The van der Waals surface area contributed by atoms with Gasteiger partial charge in [-0.05, 0) is 12.0 Å². The normalized spacial score (nSPS) is 9.00. The molecule has 0 spiro atoms. The molecule has 70 valence electrons. The van der Waals surface area contributed by atoms with Gasteiger partial charge < -0.3 is 4.79 Å². The van der Waals surface area contributed by atoms with E-state index in [1.54, 1.807) is 0 Å². The predicted octanol–water partition coefficient (Wildman–Crippen LogP) is 2.29. The van der Waals surface area contributed by atoms with E-state index in [-0.39, 0.29) is 21.1 Å². The van der Waals surface area contributed by atoms with E-state index >= 15 is 0 Å². The minimum absolute atomic E-state index is 0. The van der Waals surface area contributed by atoms with Gasteiger partial charge in [0.25, 0.3) is 0 Å². The first-order valence-corrected chi connectivity index (χ1v) is 4.29. The van der Waals surface area contributed by atoms with E-state index in [4.69, 9.17) is 0 Å². The molecule has 0 bridgehead atoms. The summed E-state index contributed by atoms with van der Waals surface area (Å²) >= 11 is 0. The Kier molecular flexibility index (Phi) is 6.80. The summed E-state index contributed by atoms with van der Waals surface area (Å²) < 4.78 is 0. The van der Waals surface area contributed by atoms with E-state index in [2.05, 4.69) is 31.2 Å². The van der Waals surface area contributed by atoms with Gasteiger partial charge in [-0.15, -0.1) is 6.42 Å². The zero-order chi connectivity index (χ0) is 8.81. The number of aryl methyl sites for hydroxylation is 2. The summed E-state index contributed by atoms with van der Waals surface area (Å²) in [6.07, 6.45) is 4.28.